The highest BCUT2D eigenvalue weighted by molar-refractivity contribution is 5.85. The fraction of sp³-hybridized carbons (Fsp3) is 0.364. The van der Waals surface area contributed by atoms with Crippen molar-refractivity contribution in [2.24, 2.45) is 0 Å². The standard InChI is InChI=1S/C11H14N4O.ClH/c1-11(2,3)10-14-9(16-15-10)8-5-4-7(12)6-13-8;/h4-6H,12H2,1-3H3;1H. The quantitative estimate of drug-likeness (QED) is 0.846. The van der Waals surface area contributed by atoms with Crippen molar-refractivity contribution in [2.45, 2.75) is 26.2 Å². The highest BCUT2D eigenvalue weighted by atomic mass is 35.5. The third-order valence-electron chi connectivity index (χ3n) is 2.10. The van der Waals surface area contributed by atoms with Gasteiger partial charge in [0.2, 0.25) is 0 Å². The summed E-state index contributed by atoms with van der Waals surface area (Å²) in [5.74, 6) is 1.09. The van der Waals surface area contributed by atoms with E-state index in [4.69, 9.17) is 10.3 Å². The first kappa shape index (κ1) is 13.4. The summed E-state index contributed by atoms with van der Waals surface area (Å²) in [7, 11) is 0. The Morgan fingerprint density at radius 3 is 2.41 bits per heavy atom. The van der Waals surface area contributed by atoms with Gasteiger partial charge in [0.1, 0.15) is 5.69 Å². The van der Waals surface area contributed by atoms with Gasteiger partial charge in [-0.05, 0) is 12.1 Å². The number of rotatable bonds is 1. The second-order valence-electron chi connectivity index (χ2n) is 4.65. The van der Waals surface area contributed by atoms with Gasteiger partial charge in [0, 0.05) is 5.41 Å². The van der Waals surface area contributed by atoms with Gasteiger partial charge in [0.15, 0.2) is 5.82 Å². The van der Waals surface area contributed by atoms with E-state index in [9.17, 15) is 0 Å². The van der Waals surface area contributed by atoms with E-state index in [1.165, 1.54) is 0 Å². The van der Waals surface area contributed by atoms with Gasteiger partial charge in [-0.15, -0.1) is 12.4 Å². The first-order valence-corrected chi connectivity index (χ1v) is 5.03. The number of halogens is 1. The maximum absolute atomic E-state index is 5.55. The first-order valence-electron chi connectivity index (χ1n) is 5.03. The molecule has 5 nitrogen and oxygen atoms in total. The fourth-order valence-electron chi connectivity index (χ4n) is 1.16. The Labute approximate surface area is 106 Å². The molecule has 0 aliphatic rings. The van der Waals surface area contributed by atoms with E-state index < -0.39 is 0 Å². The number of nitrogens with two attached hydrogens (primary N) is 1. The van der Waals surface area contributed by atoms with Crippen LogP contribution in [0, 0.1) is 0 Å². The molecule has 0 aliphatic carbocycles. The number of hydrogen-bond acceptors (Lipinski definition) is 5. The third kappa shape index (κ3) is 2.94. The normalized spacial score (nSPS) is 11.0. The number of hydrogen-bond donors (Lipinski definition) is 1. The summed E-state index contributed by atoms with van der Waals surface area (Å²) in [6.07, 6.45) is 1.57. The highest BCUT2D eigenvalue weighted by Crippen LogP contribution is 2.22. The lowest BCUT2D eigenvalue weighted by Crippen LogP contribution is -2.13. The molecule has 17 heavy (non-hydrogen) atoms. The molecule has 2 rings (SSSR count). The molecule has 92 valence electrons. The van der Waals surface area contributed by atoms with E-state index in [1.807, 2.05) is 20.8 Å². The largest absolute Gasteiger partial charge is 0.397 e. The van der Waals surface area contributed by atoms with Crippen LogP contribution in [-0.2, 0) is 5.41 Å². The molecule has 0 unspecified atom stereocenters. The Hall–Kier alpha value is -1.62. The smallest absolute Gasteiger partial charge is 0.276 e. The molecule has 2 N–H and O–H groups in total. The Morgan fingerprint density at radius 2 is 1.94 bits per heavy atom. The maximum atomic E-state index is 5.55. The van der Waals surface area contributed by atoms with Crippen molar-refractivity contribution in [2.75, 3.05) is 5.73 Å². The molecule has 0 saturated carbocycles. The van der Waals surface area contributed by atoms with Gasteiger partial charge in [-0.1, -0.05) is 25.9 Å². The summed E-state index contributed by atoms with van der Waals surface area (Å²) in [5.41, 5.74) is 6.67. The Balaban J connectivity index is 0.00000144. The van der Waals surface area contributed by atoms with E-state index in [0.717, 1.165) is 0 Å². The molecule has 0 aliphatic heterocycles. The van der Waals surface area contributed by atoms with Gasteiger partial charge in [-0.3, -0.25) is 0 Å². The minimum atomic E-state index is -0.129. The summed E-state index contributed by atoms with van der Waals surface area (Å²) in [6, 6.07) is 3.51. The minimum absolute atomic E-state index is 0. The van der Waals surface area contributed by atoms with Gasteiger partial charge < -0.3 is 10.3 Å². The molecule has 6 heteroatoms. The number of anilines is 1. The number of nitrogens with zero attached hydrogens (tertiary/aromatic N) is 3. The lowest BCUT2D eigenvalue weighted by atomic mass is 9.96. The second kappa shape index (κ2) is 4.71. The van der Waals surface area contributed by atoms with Crippen LogP contribution < -0.4 is 5.73 Å². The van der Waals surface area contributed by atoms with Crippen LogP contribution in [0.5, 0.6) is 0 Å². The van der Waals surface area contributed by atoms with E-state index in [2.05, 4.69) is 15.1 Å². The van der Waals surface area contributed by atoms with Crippen LogP contribution in [0.4, 0.5) is 5.69 Å². The highest BCUT2D eigenvalue weighted by Gasteiger charge is 2.21. The number of aromatic nitrogens is 3. The Bertz CT molecular complexity index is 487. The van der Waals surface area contributed by atoms with Gasteiger partial charge in [-0.2, -0.15) is 4.98 Å². The topological polar surface area (TPSA) is 77.8 Å². The minimum Gasteiger partial charge on any atom is -0.397 e. The average molecular weight is 255 g/mol. The van der Waals surface area contributed by atoms with Crippen molar-refractivity contribution in [1.29, 1.82) is 0 Å². The second-order valence-corrected chi connectivity index (χ2v) is 4.65. The van der Waals surface area contributed by atoms with Gasteiger partial charge in [0.05, 0.1) is 11.9 Å². The maximum Gasteiger partial charge on any atom is 0.276 e. The molecule has 0 fully saturated rings. The van der Waals surface area contributed by atoms with Crippen molar-refractivity contribution < 1.29 is 4.52 Å². The van der Waals surface area contributed by atoms with Crippen molar-refractivity contribution in [1.82, 2.24) is 15.1 Å². The van der Waals surface area contributed by atoms with Crippen LogP contribution in [0.2, 0.25) is 0 Å². The Morgan fingerprint density at radius 1 is 1.24 bits per heavy atom. The van der Waals surface area contributed by atoms with Gasteiger partial charge in [-0.25, -0.2) is 4.98 Å². The molecular weight excluding hydrogens is 240 g/mol. The zero-order valence-corrected chi connectivity index (χ0v) is 10.8. The summed E-state index contributed by atoms with van der Waals surface area (Å²) >= 11 is 0. The molecule has 0 spiro atoms. The summed E-state index contributed by atoms with van der Waals surface area (Å²) in [4.78, 5) is 8.42. The molecular formula is C11H15ClN4O. The van der Waals surface area contributed by atoms with Crippen LogP contribution in [0.1, 0.15) is 26.6 Å². The van der Waals surface area contributed by atoms with E-state index >= 15 is 0 Å². The van der Waals surface area contributed by atoms with E-state index in [1.54, 1.807) is 18.3 Å². The predicted molar refractivity (Wildman–Crippen MR) is 67.9 cm³/mol. The summed E-state index contributed by atoms with van der Waals surface area (Å²) in [6.45, 7) is 6.08. The van der Waals surface area contributed by atoms with Crippen molar-refractivity contribution >= 4 is 18.1 Å². The van der Waals surface area contributed by atoms with Crippen LogP contribution >= 0.6 is 12.4 Å². The summed E-state index contributed by atoms with van der Waals surface area (Å²) < 4.78 is 5.15. The first-order chi connectivity index (χ1) is 7.47. The van der Waals surface area contributed by atoms with Crippen LogP contribution in [0.25, 0.3) is 11.6 Å². The monoisotopic (exact) mass is 254 g/mol. The molecule has 0 atom stereocenters. The van der Waals surface area contributed by atoms with Crippen LogP contribution in [-0.4, -0.2) is 15.1 Å². The fourth-order valence-corrected chi connectivity index (χ4v) is 1.16. The molecule has 2 aromatic heterocycles. The van der Waals surface area contributed by atoms with Crippen LogP contribution in [0.3, 0.4) is 0 Å². The van der Waals surface area contributed by atoms with Crippen LogP contribution in [0.15, 0.2) is 22.9 Å². The Kier molecular flexibility index (Phi) is 3.72. The molecule has 0 saturated heterocycles. The predicted octanol–water partition coefficient (Wildman–Crippen LogP) is 2.43. The molecule has 0 radical (unpaired) electrons. The van der Waals surface area contributed by atoms with E-state index in [0.29, 0.717) is 23.1 Å². The zero-order chi connectivity index (χ0) is 11.8. The molecule has 2 aromatic rings. The van der Waals surface area contributed by atoms with Crippen molar-refractivity contribution in [3.8, 4) is 11.6 Å². The summed E-state index contributed by atoms with van der Waals surface area (Å²) in [5, 5.41) is 3.93. The van der Waals surface area contributed by atoms with Gasteiger partial charge in [0.25, 0.3) is 5.89 Å². The molecule has 0 amide bonds. The molecule has 2 heterocycles. The third-order valence-corrected chi connectivity index (χ3v) is 2.10. The van der Waals surface area contributed by atoms with Crippen molar-refractivity contribution in [3.63, 3.8) is 0 Å². The SMILES string of the molecule is CC(C)(C)c1noc(-c2ccc(N)cn2)n1.Cl. The number of pyridine rings is 1. The lowest BCUT2D eigenvalue weighted by molar-refractivity contribution is 0.401. The zero-order valence-electron chi connectivity index (χ0n) is 9.97. The average Bonchev–Trinajstić information content (AvgIpc) is 2.67. The molecule has 0 bridgehead atoms. The van der Waals surface area contributed by atoms with E-state index in [-0.39, 0.29) is 17.8 Å². The lowest BCUT2D eigenvalue weighted by Gasteiger charge is -2.10. The van der Waals surface area contributed by atoms with Crippen molar-refractivity contribution in [3.05, 3.63) is 24.2 Å². The number of nitrogen functional groups attached to an aromatic ring is 1. The molecule has 0 aromatic carbocycles. The van der Waals surface area contributed by atoms with Gasteiger partial charge >= 0.3 is 0 Å².